The number of ether oxygens (including phenoxy) is 1. The molecule has 4 aromatic rings. The fourth-order valence-corrected chi connectivity index (χ4v) is 8.56. The summed E-state index contributed by atoms with van der Waals surface area (Å²) in [6.07, 6.45) is 5.16. The zero-order valence-corrected chi connectivity index (χ0v) is 26.9. The Morgan fingerprint density at radius 1 is 0.935 bits per heavy atom. The summed E-state index contributed by atoms with van der Waals surface area (Å²) < 4.78 is 6.54. The maximum Gasteiger partial charge on any atom is 0.339 e. The third-order valence-electron chi connectivity index (χ3n) is 10.4. The van der Waals surface area contributed by atoms with Crippen molar-refractivity contribution in [3.05, 3.63) is 106 Å². The standard InChI is InChI=1S/C38H31BrN2O5/c1-3-20-15-23(39)16-29-30(38(45)46-19(2)35(42)22-7-5-4-6-8-22)18-31(40-34(20)29)21-9-11-24(12-10-21)41-36(43)32-25-13-14-26(28-17-27(25)28)33(32)37(41)44/h4-16,18-19,25-28,32-33H,3,17H2,1-2H3. The van der Waals surface area contributed by atoms with Crippen LogP contribution in [0.15, 0.2) is 89.4 Å². The number of aryl methyl sites for hydroxylation is 1. The summed E-state index contributed by atoms with van der Waals surface area (Å²) in [5.74, 6) is -0.207. The lowest BCUT2D eigenvalue weighted by Gasteiger charge is -2.37. The number of halogens is 1. The highest BCUT2D eigenvalue weighted by molar-refractivity contribution is 9.10. The van der Waals surface area contributed by atoms with Crippen LogP contribution >= 0.6 is 15.9 Å². The molecule has 230 valence electrons. The number of esters is 1. The van der Waals surface area contributed by atoms with Crippen LogP contribution in [0.3, 0.4) is 0 Å². The molecule has 4 aliphatic carbocycles. The summed E-state index contributed by atoms with van der Waals surface area (Å²) in [6, 6.07) is 21.5. The number of pyridine rings is 1. The van der Waals surface area contributed by atoms with Crippen molar-refractivity contribution in [3.63, 3.8) is 0 Å². The molecule has 8 heteroatoms. The predicted octanol–water partition coefficient (Wildman–Crippen LogP) is 7.21. The van der Waals surface area contributed by atoms with Gasteiger partial charge in [-0.3, -0.25) is 19.3 Å². The van der Waals surface area contributed by atoms with E-state index in [-0.39, 0.29) is 41.3 Å². The second-order valence-electron chi connectivity index (χ2n) is 12.9. The Hall–Kier alpha value is -4.43. The average Bonchev–Trinajstić information content (AvgIpc) is 3.86. The zero-order valence-electron chi connectivity index (χ0n) is 25.4. The first-order valence-electron chi connectivity index (χ1n) is 15.8. The van der Waals surface area contributed by atoms with E-state index in [0.29, 0.717) is 51.7 Å². The fourth-order valence-electron chi connectivity index (χ4n) is 8.05. The van der Waals surface area contributed by atoms with Crippen LogP contribution in [0.5, 0.6) is 0 Å². The number of aromatic nitrogens is 1. The van der Waals surface area contributed by atoms with E-state index in [1.54, 1.807) is 49.4 Å². The second kappa shape index (κ2) is 10.8. The summed E-state index contributed by atoms with van der Waals surface area (Å²) in [5, 5.41) is 0.619. The number of amides is 2. The number of nitrogens with zero attached hydrogens (tertiary/aromatic N) is 2. The predicted molar refractivity (Wildman–Crippen MR) is 177 cm³/mol. The first kappa shape index (κ1) is 29.0. The number of benzene rings is 3. The SMILES string of the molecule is CCc1cc(Br)cc2c(C(=O)OC(C)C(=O)c3ccccc3)cc(-c3ccc(N4C(=O)C5C6C=CC(C7CC67)C5C4=O)cc3)nc12. The largest absolute Gasteiger partial charge is 0.451 e. The van der Waals surface area contributed by atoms with E-state index in [2.05, 4.69) is 28.1 Å². The van der Waals surface area contributed by atoms with E-state index in [1.165, 1.54) is 4.90 Å². The van der Waals surface area contributed by atoms with Crippen molar-refractivity contribution in [2.24, 2.45) is 35.5 Å². The van der Waals surface area contributed by atoms with E-state index in [0.717, 1.165) is 22.0 Å². The Labute approximate surface area is 274 Å². The molecular weight excluding hydrogens is 644 g/mol. The average molecular weight is 676 g/mol. The van der Waals surface area contributed by atoms with E-state index in [1.807, 2.05) is 37.3 Å². The fraction of sp³-hybridized carbons (Fsp3) is 0.289. The van der Waals surface area contributed by atoms with Gasteiger partial charge < -0.3 is 4.74 Å². The van der Waals surface area contributed by atoms with Crippen molar-refractivity contribution >= 4 is 56.1 Å². The molecule has 7 unspecified atom stereocenters. The van der Waals surface area contributed by atoms with Gasteiger partial charge in [0.25, 0.3) is 0 Å². The Morgan fingerprint density at radius 2 is 1.59 bits per heavy atom. The molecule has 2 saturated carbocycles. The summed E-state index contributed by atoms with van der Waals surface area (Å²) in [7, 11) is 0. The third kappa shape index (κ3) is 4.48. The van der Waals surface area contributed by atoms with Crippen LogP contribution < -0.4 is 4.90 Å². The molecular formula is C38H31BrN2O5. The summed E-state index contributed by atoms with van der Waals surface area (Å²) in [5.41, 5.74) is 4.18. The van der Waals surface area contributed by atoms with E-state index in [9.17, 15) is 19.2 Å². The molecule has 2 amide bonds. The highest BCUT2D eigenvalue weighted by Crippen LogP contribution is 2.65. The van der Waals surface area contributed by atoms with Crippen molar-refractivity contribution < 1.29 is 23.9 Å². The lowest BCUT2D eigenvalue weighted by Crippen LogP contribution is -2.40. The Bertz CT molecular complexity index is 1950. The van der Waals surface area contributed by atoms with E-state index < -0.39 is 12.1 Å². The third-order valence-corrected chi connectivity index (χ3v) is 10.8. The van der Waals surface area contributed by atoms with Gasteiger partial charge >= 0.3 is 5.97 Å². The zero-order chi connectivity index (χ0) is 31.9. The monoisotopic (exact) mass is 674 g/mol. The van der Waals surface area contributed by atoms with Gasteiger partial charge in [0.1, 0.15) is 0 Å². The van der Waals surface area contributed by atoms with Crippen molar-refractivity contribution in [1.29, 1.82) is 0 Å². The molecule has 0 N–H and O–H groups in total. The normalized spacial score (nSPS) is 26.2. The number of hydrogen-bond donors (Lipinski definition) is 0. The molecule has 7 nitrogen and oxygen atoms in total. The molecule has 0 spiro atoms. The van der Waals surface area contributed by atoms with Gasteiger partial charge in [0, 0.05) is 21.0 Å². The number of anilines is 1. The number of rotatable bonds is 7. The molecule has 1 saturated heterocycles. The van der Waals surface area contributed by atoms with Crippen LogP contribution in [-0.2, 0) is 20.7 Å². The Balaban J connectivity index is 1.12. The Morgan fingerprint density at radius 3 is 2.22 bits per heavy atom. The van der Waals surface area contributed by atoms with Gasteiger partial charge in [-0.1, -0.05) is 77.5 Å². The lowest BCUT2D eigenvalue weighted by atomic mass is 9.63. The molecule has 2 heterocycles. The molecule has 2 bridgehead atoms. The minimum absolute atomic E-state index is 0.0985. The van der Waals surface area contributed by atoms with Crippen LogP contribution in [0.1, 0.15) is 46.5 Å². The number of fused-ring (bicyclic) bond motifs is 1. The van der Waals surface area contributed by atoms with Gasteiger partial charge in [-0.2, -0.15) is 0 Å². The maximum absolute atomic E-state index is 13.7. The summed E-state index contributed by atoms with van der Waals surface area (Å²) in [6.45, 7) is 3.60. The van der Waals surface area contributed by atoms with Gasteiger partial charge in [0.2, 0.25) is 17.6 Å². The minimum atomic E-state index is -0.991. The number of allylic oxidation sites excluding steroid dienone is 2. The van der Waals surface area contributed by atoms with Gasteiger partial charge in [-0.15, -0.1) is 0 Å². The minimum Gasteiger partial charge on any atom is -0.451 e. The summed E-state index contributed by atoms with van der Waals surface area (Å²) in [4.78, 5) is 60.3. The van der Waals surface area contributed by atoms with Crippen LogP contribution in [0, 0.1) is 35.5 Å². The number of hydrogen-bond acceptors (Lipinski definition) is 6. The van der Waals surface area contributed by atoms with Crippen LogP contribution in [0.2, 0.25) is 0 Å². The van der Waals surface area contributed by atoms with Gasteiger partial charge in [-0.25, -0.2) is 9.78 Å². The van der Waals surface area contributed by atoms with Crippen LogP contribution in [0.25, 0.3) is 22.2 Å². The summed E-state index contributed by atoms with van der Waals surface area (Å²) >= 11 is 3.57. The second-order valence-corrected chi connectivity index (χ2v) is 13.8. The lowest BCUT2D eigenvalue weighted by molar-refractivity contribution is -0.124. The number of Topliss-reactive ketones (excluding diaryl/α,β-unsaturated/α-hetero) is 1. The number of imide groups is 1. The van der Waals surface area contributed by atoms with Gasteiger partial charge in [0.05, 0.1) is 34.3 Å². The van der Waals surface area contributed by atoms with Crippen molar-refractivity contribution in [1.82, 2.24) is 4.98 Å². The molecule has 9 rings (SSSR count). The van der Waals surface area contributed by atoms with Crippen molar-refractivity contribution in [2.45, 2.75) is 32.8 Å². The number of carbonyl (C=O) groups is 4. The molecule has 7 atom stereocenters. The molecule has 1 aromatic heterocycles. The topological polar surface area (TPSA) is 93.6 Å². The molecule has 1 aliphatic heterocycles. The van der Waals surface area contributed by atoms with Crippen LogP contribution in [0.4, 0.5) is 5.69 Å². The highest BCUT2D eigenvalue weighted by Gasteiger charge is 2.67. The van der Waals surface area contributed by atoms with Gasteiger partial charge in [0.15, 0.2) is 6.10 Å². The number of carbonyl (C=O) groups excluding carboxylic acids is 4. The molecule has 5 aliphatic rings. The first-order valence-corrected chi connectivity index (χ1v) is 16.6. The Kier molecular flexibility index (Phi) is 6.83. The number of ketones is 1. The van der Waals surface area contributed by atoms with E-state index in [4.69, 9.17) is 9.72 Å². The smallest absolute Gasteiger partial charge is 0.339 e. The molecule has 3 aromatic carbocycles. The van der Waals surface area contributed by atoms with Crippen LogP contribution in [-0.4, -0.2) is 34.7 Å². The van der Waals surface area contributed by atoms with Crippen molar-refractivity contribution in [3.8, 4) is 11.3 Å². The molecule has 46 heavy (non-hydrogen) atoms. The van der Waals surface area contributed by atoms with Gasteiger partial charge in [-0.05, 0) is 79.3 Å². The highest BCUT2D eigenvalue weighted by atomic mass is 79.9. The first-order chi connectivity index (χ1) is 22.2. The van der Waals surface area contributed by atoms with E-state index >= 15 is 0 Å². The maximum atomic E-state index is 13.7. The van der Waals surface area contributed by atoms with Crippen molar-refractivity contribution in [2.75, 3.05) is 4.90 Å². The molecule has 3 fully saturated rings. The molecule has 0 radical (unpaired) electrons. The quantitative estimate of drug-likeness (QED) is 0.0890.